The fourth-order valence-corrected chi connectivity index (χ4v) is 10.3. The molecule has 12 heterocycles. The van der Waals surface area contributed by atoms with Crippen LogP contribution in [-0.4, -0.2) is 75.5 Å². The fraction of sp³-hybridized carbons (Fsp3) is 0. The number of oxazole rings is 2. The van der Waals surface area contributed by atoms with Gasteiger partial charge in [-0.2, -0.15) is 9.97 Å². The molecule has 0 saturated heterocycles. The van der Waals surface area contributed by atoms with Crippen LogP contribution in [0.2, 0.25) is 0 Å². The Morgan fingerprint density at radius 3 is 1.77 bits per heavy atom. The van der Waals surface area contributed by atoms with E-state index in [2.05, 4.69) is 62.0 Å². The predicted molar refractivity (Wildman–Crippen MR) is 335 cm³/mol. The second-order valence-corrected chi connectivity index (χ2v) is 19.7. The molecule has 4 aromatic carbocycles. The van der Waals surface area contributed by atoms with Crippen molar-refractivity contribution >= 4 is 116 Å². The summed E-state index contributed by atoms with van der Waals surface area (Å²) in [6, 6.07) is 48.5. The van der Waals surface area contributed by atoms with Crippen LogP contribution in [0.25, 0.3) is 121 Å². The summed E-state index contributed by atoms with van der Waals surface area (Å²) in [5.74, 6) is 0.608. The molecule has 0 aliphatic heterocycles. The predicted octanol–water partition coefficient (Wildman–Crippen LogP) is 8.63. The van der Waals surface area contributed by atoms with E-state index < -0.39 is 0 Å². The first kappa shape index (κ1) is 66.9. The Hall–Kier alpha value is -10.7. The normalized spacial score (nSPS) is 10.2. The first-order valence-electron chi connectivity index (χ1n) is 26.2. The number of aromatic amines is 4. The number of pyridine rings is 8. The number of benzene rings is 4. The van der Waals surface area contributed by atoms with Gasteiger partial charge in [-0.15, -0.1) is 11.3 Å². The Labute approximate surface area is 544 Å². The van der Waals surface area contributed by atoms with E-state index >= 15 is 0 Å². The Balaban J connectivity index is 0.000000159. The number of rotatable bonds is 5. The van der Waals surface area contributed by atoms with Crippen molar-refractivity contribution in [1.29, 1.82) is 0 Å². The SMILES string of the molecule is Oc1cccnc1-c1nccc2ccccc12.[Be+2].[Be+2].[Be+2].[Be+2].[O-]c1cccnc1-c1[nH+]cco1.[O-]c1ccncc1-c1[nH+]c2ccccc2o1.[O-]c1ccncc1-c1cc2c(c[nH+]1)oc1ccccc12.[O-]c1cnccc1-c1cc2c(c[nH+]1)sc1ccccc12.[Zn]. The van der Waals surface area contributed by atoms with Gasteiger partial charge < -0.3 is 38.8 Å². The molecule has 0 radical (unpaired) electrons. The molecule has 18 nitrogen and oxygen atoms in total. The second-order valence-electron chi connectivity index (χ2n) is 18.6. The van der Waals surface area contributed by atoms with Crippen LogP contribution in [0.3, 0.4) is 0 Å². The van der Waals surface area contributed by atoms with Gasteiger partial charge in [0.1, 0.15) is 22.7 Å². The molecule has 0 unspecified atom stereocenters. The number of nitrogens with one attached hydrogen (secondary N) is 4. The van der Waals surface area contributed by atoms with E-state index in [0.29, 0.717) is 45.6 Å². The number of aromatic hydroxyl groups is 1. The van der Waals surface area contributed by atoms with Gasteiger partial charge in [0.15, 0.2) is 23.7 Å². The summed E-state index contributed by atoms with van der Waals surface area (Å²) < 4.78 is 18.7. The smallest absolute Gasteiger partial charge is 0.872 e. The van der Waals surface area contributed by atoms with Crippen LogP contribution in [0.15, 0.2) is 252 Å². The summed E-state index contributed by atoms with van der Waals surface area (Å²) >= 11 is 1.75. The molecular weight excluding hydrogens is 1190 g/mol. The van der Waals surface area contributed by atoms with Gasteiger partial charge in [-0.25, -0.2) is 15.0 Å². The average molecular weight is 1240 g/mol. The van der Waals surface area contributed by atoms with Crippen LogP contribution >= 0.6 is 11.3 Å². The Morgan fingerprint density at radius 2 is 1.04 bits per heavy atom. The quantitative estimate of drug-likeness (QED) is 0.158. The van der Waals surface area contributed by atoms with Gasteiger partial charge in [0.25, 0.3) is 0 Å². The third kappa shape index (κ3) is 14.7. The molecule has 0 amide bonds. The van der Waals surface area contributed by atoms with Gasteiger partial charge in [-0.1, -0.05) is 114 Å². The number of furan rings is 1. The van der Waals surface area contributed by atoms with Gasteiger partial charge in [0, 0.05) is 131 Å². The van der Waals surface area contributed by atoms with Crippen LogP contribution in [0, 0.1) is 0 Å². The first-order chi connectivity index (χ1) is 41.7. The molecule has 5 N–H and O–H groups in total. The molecule has 0 aliphatic rings. The maximum absolute atomic E-state index is 11.9. The molecular formula is C66H44Be4N10O8SZn+8. The van der Waals surface area contributed by atoms with Crippen molar-refractivity contribution in [2.75, 3.05) is 0 Å². The minimum atomic E-state index is -0.149. The van der Waals surface area contributed by atoms with E-state index in [1.165, 1.54) is 69.4 Å². The monoisotopic (exact) mass is 1240 g/mol. The summed E-state index contributed by atoms with van der Waals surface area (Å²) in [5, 5.41) is 62.8. The van der Waals surface area contributed by atoms with Crippen molar-refractivity contribution < 1.29 is 78.2 Å². The van der Waals surface area contributed by atoms with E-state index in [1.807, 2.05) is 109 Å². The van der Waals surface area contributed by atoms with Crippen LogP contribution in [0.4, 0.5) is 0 Å². The minimum absolute atomic E-state index is 0. The van der Waals surface area contributed by atoms with E-state index in [9.17, 15) is 25.5 Å². The molecule has 16 rings (SSSR count). The van der Waals surface area contributed by atoms with Crippen LogP contribution in [0.5, 0.6) is 28.7 Å². The van der Waals surface area contributed by atoms with Crippen molar-refractivity contribution in [3.63, 3.8) is 0 Å². The Bertz CT molecular complexity index is 4810. The van der Waals surface area contributed by atoms with E-state index in [4.69, 9.17) is 13.3 Å². The topological polar surface area (TPSA) is 286 Å². The van der Waals surface area contributed by atoms with Crippen molar-refractivity contribution in [1.82, 2.24) is 29.9 Å². The summed E-state index contributed by atoms with van der Waals surface area (Å²) in [6.07, 6.45) is 20.8. The van der Waals surface area contributed by atoms with Gasteiger partial charge in [-0.3, -0.25) is 24.9 Å². The van der Waals surface area contributed by atoms with Crippen LogP contribution < -0.4 is 40.4 Å². The van der Waals surface area contributed by atoms with Gasteiger partial charge in [-0.05, 0) is 53.9 Å². The molecule has 0 aliphatic carbocycles. The van der Waals surface area contributed by atoms with Gasteiger partial charge in [0.2, 0.25) is 34.9 Å². The van der Waals surface area contributed by atoms with E-state index in [-0.39, 0.29) is 88.7 Å². The zero-order valence-corrected chi connectivity index (χ0v) is 51.7. The zero-order chi connectivity index (χ0) is 58.1. The zero-order valence-electron chi connectivity index (χ0n) is 47.9. The number of thiophene rings is 1. The average Bonchev–Trinajstić information content (AvgIpc) is 1.70. The van der Waals surface area contributed by atoms with E-state index in [1.54, 1.807) is 79.0 Å². The van der Waals surface area contributed by atoms with Crippen molar-refractivity contribution in [2.45, 2.75) is 0 Å². The number of hydrogen-bond donors (Lipinski definition) is 1. The number of nitrogens with zero attached hydrogens (tertiary/aromatic N) is 6. The molecule has 12 aromatic heterocycles. The van der Waals surface area contributed by atoms with Crippen LogP contribution in [0.1, 0.15) is 0 Å². The second kappa shape index (κ2) is 30.8. The Morgan fingerprint density at radius 1 is 0.422 bits per heavy atom. The molecule has 90 heavy (non-hydrogen) atoms. The summed E-state index contributed by atoms with van der Waals surface area (Å²) in [4.78, 5) is 36.3. The molecule has 24 heteroatoms. The minimum Gasteiger partial charge on any atom is -0.872 e. The number of hydrogen-bond acceptors (Lipinski definition) is 15. The summed E-state index contributed by atoms with van der Waals surface area (Å²) in [6.45, 7) is 0. The van der Waals surface area contributed by atoms with Crippen LogP contribution in [-0.2, 0) is 19.5 Å². The van der Waals surface area contributed by atoms with Gasteiger partial charge in [0.05, 0.1) is 15.8 Å². The van der Waals surface area contributed by atoms with Crippen molar-refractivity contribution in [2.24, 2.45) is 0 Å². The molecule has 0 saturated carbocycles. The number of fused-ring (bicyclic) bond motifs is 8. The summed E-state index contributed by atoms with van der Waals surface area (Å²) in [7, 11) is 0. The molecule has 0 atom stereocenters. The van der Waals surface area contributed by atoms with Crippen molar-refractivity contribution in [3.05, 3.63) is 238 Å². The Kier molecular flexibility index (Phi) is 22.9. The maximum atomic E-state index is 11.9. The van der Waals surface area contributed by atoms with Gasteiger partial charge >= 0.3 is 52.3 Å². The largest absolute Gasteiger partial charge is 2.00 e. The number of para-hydroxylation sites is 3. The van der Waals surface area contributed by atoms with E-state index in [0.717, 1.165) is 55.2 Å². The van der Waals surface area contributed by atoms with Crippen molar-refractivity contribution in [3.8, 4) is 85.7 Å². The standard InChI is InChI=1S/C16H10N2O2.C16H10N2OS.C14H10N2O.C12H8N2O2.C8H6N2O2.4Be.Zn/c19-14-5-6-17-8-12(14)13-7-11-10-3-1-2-4-15(10)20-16(11)9-18-13;19-14-8-17-6-5-11(14)13-7-12-10-3-1-2-4-15(10)20-16(12)9-18-13;17-12-6-3-8-15-14(12)13-11-5-2-1-4-10(11)7-9-16-13;15-10-5-6-13-7-8(10)12-14-9-3-1-2-4-11(9)16-12;11-6-2-1-3-9-7(6)8-10-4-5-12-8;;;;;/h1-9H,(H,17,19);1-9,19H;1-9,17H;1-7H,(H,13,15);1-5,11H;;;;;/q;;;;;4*+2;. The fourth-order valence-electron chi connectivity index (χ4n) is 9.25. The molecule has 0 fully saturated rings. The molecule has 0 bridgehead atoms. The number of aromatic nitrogens is 10. The molecule has 414 valence electrons. The third-order valence-corrected chi connectivity index (χ3v) is 14.4. The number of H-pyrrole nitrogens is 4. The third-order valence-electron chi connectivity index (χ3n) is 13.3. The summed E-state index contributed by atoms with van der Waals surface area (Å²) in [5.41, 5.74) is 7.94. The molecule has 0 spiro atoms. The first-order valence-corrected chi connectivity index (χ1v) is 27.0. The molecule has 16 aromatic rings. The maximum Gasteiger partial charge on any atom is 2.00 e.